The van der Waals surface area contributed by atoms with Gasteiger partial charge in [0.2, 0.25) is 0 Å². The molecule has 0 aliphatic heterocycles. The lowest BCUT2D eigenvalue weighted by Gasteiger charge is -2.19. The first-order valence-electron chi connectivity index (χ1n) is 12.0. The van der Waals surface area contributed by atoms with E-state index in [0.29, 0.717) is 6.42 Å². The second-order valence-electron chi connectivity index (χ2n) is 9.41. The number of benzene rings is 3. The number of nitrogens with one attached hydrogen (secondary N) is 1. The van der Waals surface area contributed by atoms with Gasteiger partial charge < -0.3 is 15.2 Å². The summed E-state index contributed by atoms with van der Waals surface area (Å²) in [6.07, 6.45) is 1.32. The van der Waals surface area contributed by atoms with Crippen LogP contribution in [0.4, 0.5) is 4.79 Å². The van der Waals surface area contributed by atoms with E-state index in [9.17, 15) is 18.0 Å². The minimum atomic E-state index is -3.83. The van der Waals surface area contributed by atoms with E-state index in [1.165, 1.54) is 30.3 Å². The van der Waals surface area contributed by atoms with Crippen LogP contribution >= 0.6 is 0 Å². The molecule has 192 valence electrons. The van der Waals surface area contributed by atoms with Crippen molar-refractivity contribution in [2.75, 3.05) is 6.61 Å². The van der Waals surface area contributed by atoms with Crippen molar-refractivity contribution in [3.63, 3.8) is 0 Å². The average Bonchev–Trinajstić information content (AvgIpc) is 3.19. The van der Waals surface area contributed by atoms with E-state index in [1.807, 2.05) is 50.2 Å². The van der Waals surface area contributed by atoms with E-state index in [0.717, 1.165) is 27.7 Å². The third kappa shape index (κ3) is 6.09. The summed E-state index contributed by atoms with van der Waals surface area (Å²) in [5.74, 6) is -1.03. The van der Waals surface area contributed by atoms with Crippen LogP contribution in [0.2, 0.25) is 0 Å². The first-order valence-corrected chi connectivity index (χ1v) is 13.6. The van der Waals surface area contributed by atoms with Gasteiger partial charge >= 0.3 is 12.1 Å². The number of aromatic carboxylic acids is 1. The maximum Gasteiger partial charge on any atom is 0.407 e. The van der Waals surface area contributed by atoms with E-state index in [1.54, 1.807) is 0 Å². The standard InChI is InChI=1S/C29H29NO6S/c1-19(2)17-21(15-16-37(34,35)22-13-11-20(12-14-22)28(31)32)30-29(33)36-18-27-25-9-5-3-7-23(25)24-8-4-6-10-26(24)27/h3-16,19,21,27H,17-18H2,1-2H3,(H,30,33)(H,31,32)/b16-15+/t21-/m1/s1. The minimum Gasteiger partial charge on any atom is -0.478 e. The first kappa shape index (κ1) is 26.2. The van der Waals surface area contributed by atoms with Crippen LogP contribution in [-0.4, -0.2) is 38.2 Å². The molecule has 0 heterocycles. The molecule has 0 spiro atoms. The molecular formula is C29H29NO6S. The molecule has 3 aromatic carbocycles. The second kappa shape index (κ2) is 11.0. The van der Waals surface area contributed by atoms with Crippen LogP contribution in [0, 0.1) is 5.92 Å². The number of ether oxygens (including phenoxy) is 1. The number of carbonyl (C=O) groups is 2. The molecule has 1 aliphatic carbocycles. The molecule has 0 bridgehead atoms. The maximum atomic E-state index is 12.7. The summed E-state index contributed by atoms with van der Waals surface area (Å²) in [6.45, 7) is 4.10. The molecule has 0 radical (unpaired) electrons. The van der Waals surface area contributed by atoms with Gasteiger partial charge in [-0.25, -0.2) is 18.0 Å². The Morgan fingerprint density at radius 1 is 0.946 bits per heavy atom. The van der Waals surface area contributed by atoms with Gasteiger partial charge in [-0.15, -0.1) is 0 Å². The topological polar surface area (TPSA) is 110 Å². The fourth-order valence-electron chi connectivity index (χ4n) is 4.55. The maximum absolute atomic E-state index is 12.7. The van der Waals surface area contributed by atoms with Crippen molar-refractivity contribution in [3.05, 3.63) is 101 Å². The summed E-state index contributed by atoms with van der Waals surface area (Å²) < 4.78 is 31.1. The van der Waals surface area contributed by atoms with Crippen LogP contribution in [0.1, 0.15) is 47.7 Å². The van der Waals surface area contributed by atoms with Crippen LogP contribution in [0.3, 0.4) is 0 Å². The smallest absolute Gasteiger partial charge is 0.407 e. The molecule has 0 saturated heterocycles. The van der Waals surface area contributed by atoms with Gasteiger partial charge in [0.05, 0.1) is 16.5 Å². The minimum absolute atomic E-state index is 0.00228. The molecule has 1 amide bonds. The van der Waals surface area contributed by atoms with Gasteiger partial charge in [0, 0.05) is 11.3 Å². The van der Waals surface area contributed by atoms with Gasteiger partial charge in [0.15, 0.2) is 9.84 Å². The highest BCUT2D eigenvalue weighted by molar-refractivity contribution is 7.94. The predicted octanol–water partition coefficient (Wildman–Crippen LogP) is 5.63. The second-order valence-corrected chi connectivity index (χ2v) is 11.2. The predicted molar refractivity (Wildman–Crippen MR) is 141 cm³/mol. The Morgan fingerprint density at radius 2 is 1.51 bits per heavy atom. The zero-order chi connectivity index (χ0) is 26.6. The molecule has 3 aromatic rings. The largest absolute Gasteiger partial charge is 0.478 e. The molecule has 1 aliphatic rings. The lowest BCUT2D eigenvalue weighted by atomic mass is 9.98. The normalized spacial score (nSPS) is 13.8. The van der Waals surface area contributed by atoms with E-state index >= 15 is 0 Å². The molecule has 4 rings (SSSR count). The highest BCUT2D eigenvalue weighted by Crippen LogP contribution is 2.44. The van der Waals surface area contributed by atoms with E-state index < -0.39 is 27.9 Å². The fraction of sp³-hybridized carbons (Fsp3) is 0.241. The van der Waals surface area contributed by atoms with Crippen molar-refractivity contribution in [2.45, 2.75) is 37.1 Å². The SMILES string of the molecule is CC(C)C[C@@H](/C=C/S(=O)(=O)c1ccc(C(=O)O)cc1)NC(=O)OCC1c2ccccc2-c2ccccc21. The quantitative estimate of drug-likeness (QED) is 0.379. The lowest BCUT2D eigenvalue weighted by Crippen LogP contribution is -2.35. The zero-order valence-corrected chi connectivity index (χ0v) is 21.4. The highest BCUT2D eigenvalue weighted by Gasteiger charge is 2.29. The third-order valence-electron chi connectivity index (χ3n) is 6.29. The van der Waals surface area contributed by atoms with E-state index in [-0.39, 0.29) is 28.9 Å². The van der Waals surface area contributed by atoms with Crippen LogP contribution in [0.25, 0.3) is 11.1 Å². The van der Waals surface area contributed by atoms with Crippen molar-refractivity contribution in [1.82, 2.24) is 5.32 Å². The van der Waals surface area contributed by atoms with Crippen molar-refractivity contribution in [2.24, 2.45) is 5.92 Å². The molecule has 8 heteroatoms. The van der Waals surface area contributed by atoms with Crippen molar-refractivity contribution >= 4 is 21.9 Å². The van der Waals surface area contributed by atoms with Gasteiger partial charge in [-0.05, 0) is 58.9 Å². The summed E-state index contributed by atoms with van der Waals surface area (Å²) in [7, 11) is -3.83. The summed E-state index contributed by atoms with van der Waals surface area (Å²) in [4.78, 5) is 23.7. The fourth-order valence-corrected chi connectivity index (χ4v) is 5.62. The molecule has 0 unspecified atom stereocenters. The third-order valence-corrected chi connectivity index (χ3v) is 7.74. The van der Waals surface area contributed by atoms with Gasteiger partial charge in [-0.1, -0.05) is 68.5 Å². The first-order chi connectivity index (χ1) is 17.7. The van der Waals surface area contributed by atoms with Gasteiger partial charge in [-0.2, -0.15) is 0 Å². The van der Waals surface area contributed by atoms with Gasteiger partial charge in [0.1, 0.15) is 6.61 Å². The van der Waals surface area contributed by atoms with E-state index in [2.05, 4.69) is 17.4 Å². The number of rotatable bonds is 9. The Kier molecular flexibility index (Phi) is 7.78. The number of carboxylic acid groups (broad SMARTS) is 1. The Bertz CT molecular complexity index is 1380. The molecule has 1 atom stereocenters. The average molecular weight is 520 g/mol. The number of carbonyl (C=O) groups excluding carboxylic acids is 1. The summed E-state index contributed by atoms with van der Waals surface area (Å²) >= 11 is 0. The lowest BCUT2D eigenvalue weighted by molar-refractivity contribution is 0.0696. The number of fused-ring (bicyclic) bond motifs is 3. The van der Waals surface area contributed by atoms with Gasteiger partial charge in [0.25, 0.3) is 0 Å². The Labute approximate surface area is 216 Å². The Morgan fingerprint density at radius 3 is 2.05 bits per heavy atom. The van der Waals surface area contributed by atoms with Crippen molar-refractivity contribution < 1.29 is 27.9 Å². The molecule has 0 aromatic heterocycles. The van der Waals surface area contributed by atoms with E-state index in [4.69, 9.17) is 9.84 Å². The molecule has 0 saturated carbocycles. The van der Waals surface area contributed by atoms with Crippen LogP contribution in [0.5, 0.6) is 0 Å². The Hall–Kier alpha value is -3.91. The number of hydrogen-bond acceptors (Lipinski definition) is 5. The van der Waals surface area contributed by atoms with Crippen LogP contribution in [-0.2, 0) is 14.6 Å². The highest BCUT2D eigenvalue weighted by atomic mass is 32.2. The number of alkyl carbamates (subject to hydrolysis) is 1. The summed E-state index contributed by atoms with van der Waals surface area (Å²) in [6, 6.07) is 20.5. The molecule has 37 heavy (non-hydrogen) atoms. The molecule has 2 N–H and O–H groups in total. The number of hydrogen-bond donors (Lipinski definition) is 2. The molecule has 7 nitrogen and oxygen atoms in total. The monoisotopic (exact) mass is 519 g/mol. The number of sulfone groups is 1. The zero-order valence-electron chi connectivity index (χ0n) is 20.6. The summed E-state index contributed by atoms with van der Waals surface area (Å²) in [5.41, 5.74) is 4.48. The van der Waals surface area contributed by atoms with Crippen molar-refractivity contribution in [1.29, 1.82) is 0 Å². The number of carboxylic acids is 1. The molecule has 0 fully saturated rings. The number of amides is 1. The van der Waals surface area contributed by atoms with Crippen LogP contribution in [0.15, 0.2) is 89.2 Å². The van der Waals surface area contributed by atoms with Gasteiger partial charge in [-0.3, -0.25) is 0 Å². The van der Waals surface area contributed by atoms with Crippen molar-refractivity contribution in [3.8, 4) is 11.1 Å². The Balaban J connectivity index is 1.44. The van der Waals surface area contributed by atoms with Crippen LogP contribution < -0.4 is 5.32 Å². The molecular weight excluding hydrogens is 490 g/mol. The summed E-state index contributed by atoms with van der Waals surface area (Å²) in [5, 5.41) is 12.8.